The number of halogens is 2. The van der Waals surface area contributed by atoms with Crippen LogP contribution in [-0.2, 0) is 0 Å². The highest BCUT2D eigenvalue weighted by Gasteiger charge is 2.28. The van der Waals surface area contributed by atoms with Gasteiger partial charge in [-0.25, -0.2) is 9.37 Å². The van der Waals surface area contributed by atoms with Crippen LogP contribution in [0.3, 0.4) is 0 Å². The Morgan fingerprint density at radius 3 is 2.93 bits per heavy atom. The molecule has 72 valence electrons. The van der Waals surface area contributed by atoms with Crippen LogP contribution in [0, 0.1) is 11.3 Å². The van der Waals surface area contributed by atoms with Gasteiger partial charge in [0, 0.05) is 10.7 Å². The van der Waals surface area contributed by atoms with Crippen molar-refractivity contribution in [1.29, 1.82) is 5.26 Å². The van der Waals surface area contributed by atoms with Crippen LogP contribution in [0.4, 0.5) is 10.2 Å². The molecule has 0 aliphatic carbocycles. The molecule has 1 saturated heterocycles. The van der Waals surface area contributed by atoms with E-state index in [1.165, 1.54) is 0 Å². The smallest absolute Gasteiger partial charge is 0.146 e. The van der Waals surface area contributed by atoms with Crippen LogP contribution in [0.2, 0.25) is 0 Å². The van der Waals surface area contributed by atoms with E-state index < -0.39 is 6.17 Å². The molecule has 0 atom stereocenters. The number of aromatic nitrogens is 1. The minimum Gasteiger partial charge on any atom is -0.350 e. The van der Waals surface area contributed by atoms with E-state index in [4.69, 9.17) is 5.26 Å². The Kier molecular flexibility index (Phi) is 2.38. The van der Waals surface area contributed by atoms with Crippen LogP contribution >= 0.6 is 15.9 Å². The van der Waals surface area contributed by atoms with E-state index in [1.807, 2.05) is 6.07 Å². The van der Waals surface area contributed by atoms with Gasteiger partial charge in [-0.05, 0) is 22.0 Å². The monoisotopic (exact) mass is 255 g/mol. The van der Waals surface area contributed by atoms with Gasteiger partial charge in [-0.3, -0.25) is 0 Å². The molecule has 1 aliphatic rings. The van der Waals surface area contributed by atoms with Crippen LogP contribution in [-0.4, -0.2) is 24.2 Å². The third-order valence-corrected chi connectivity index (χ3v) is 2.52. The second-order valence-corrected chi connectivity index (χ2v) is 4.05. The summed E-state index contributed by atoms with van der Waals surface area (Å²) in [4.78, 5) is 5.85. The third-order valence-electron chi connectivity index (χ3n) is 2.09. The number of hydrogen-bond donors (Lipinski definition) is 0. The van der Waals surface area contributed by atoms with Gasteiger partial charge in [0.15, 0.2) is 0 Å². The molecule has 0 N–H and O–H groups in total. The van der Waals surface area contributed by atoms with E-state index >= 15 is 0 Å². The number of hydrogen-bond acceptors (Lipinski definition) is 3. The molecule has 1 aromatic rings. The minimum atomic E-state index is -0.785. The molecular weight excluding hydrogens is 249 g/mol. The van der Waals surface area contributed by atoms with Crippen LogP contribution in [0.1, 0.15) is 5.56 Å². The molecule has 3 nitrogen and oxygen atoms in total. The molecule has 0 unspecified atom stereocenters. The maximum absolute atomic E-state index is 12.6. The first-order valence-corrected chi connectivity index (χ1v) is 4.94. The van der Waals surface area contributed by atoms with E-state index in [0.717, 1.165) is 4.47 Å². The Labute approximate surface area is 89.3 Å². The van der Waals surface area contributed by atoms with E-state index in [1.54, 1.807) is 17.2 Å². The fraction of sp³-hybridized carbons (Fsp3) is 0.333. The van der Waals surface area contributed by atoms with Crippen molar-refractivity contribution in [3.63, 3.8) is 0 Å². The maximum Gasteiger partial charge on any atom is 0.146 e. The quantitative estimate of drug-likeness (QED) is 0.770. The molecule has 0 aromatic carbocycles. The predicted molar refractivity (Wildman–Crippen MR) is 53.8 cm³/mol. The van der Waals surface area contributed by atoms with Gasteiger partial charge in [0.25, 0.3) is 0 Å². The molecule has 1 aliphatic heterocycles. The van der Waals surface area contributed by atoms with E-state index in [0.29, 0.717) is 24.5 Å². The Morgan fingerprint density at radius 1 is 1.64 bits per heavy atom. The van der Waals surface area contributed by atoms with Gasteiger partial charge in [-0.15, -0.1) is 0 Å². The van der Waals surface area contributed by atoms with Gasteiger partial charge in [0.2, 0.25) is 0 Å². The van der Waals surface area contributed by atoms with Gasteiger partial charge < -0.3 is 4.90 Å². The Bertz CT molecular complexity index is 396. The molecule has 2 rings (SSSR count). The van der Waals surface area contributed by atoms with Gasteiger partial charge in [0.1, 0.15) is 18.1 Å². The lowest BCUT2D eigenvalue weighted by atomic mass is 10.1. The van der Waals surface area contributed by atoms with Gasteiger partial charge >= 0.3 is 0 Å². The number of pyridine rings is 1. The van der Waals surface area contributed by atoms with Crippen LogP contribution in [0.15, 0.2) is 16.7 Å². The molecule has 0 saturated carbocycles. The first kappa shape index (κ1) is 9.41. The fourth-order valence-corrected chi connectivity index (χ4v) is 1.70. The maximum atomic E-state index is 12.6. The highest BCUT2D eigenvalue weighted by molar-refractivity contribution is 9.10. The molecule has 2 heterocycles. The number of alkyl halides is 1. The van der Waals surface area contributed by atoms with Crippen LogP contribution < -0.4 is 4.90 Å². The topological polar surface area (TPSA) is 39.9 Å². The molecule has 0 amide bonds. The lowest BCUT2D eigenvalue weighted by Gasteiger charge is -2.35. The van der Waals surface area contributed by atoms with Gasteiger partial charge in [0.05, 0.1) is 18.7 Å². The lowest BCUT2D eigenvalue weighted by Crippen LogP contribution is -2.49. The molecule has 0 spiro atoms. The molecule has 0 bridgehead atoms. The summed E-state index contributed by atoms with van der Waals surface area (Å²) < 4.78 is 13.4. The molecule has 1 fully saturated rings. The minimum absolute atomic E-state index is 0.337. The summed E-state index contributed by atoms with van der Waals surface area (Å²) in [5, 5.41) is 8.85. The lowest BCUT2D eigenvalue weighted by molar-refractivity contribution is 0.273. The number of nitriles is 1. The Balaban J connectivity index is 2.30. The van der Waals surface area contributed by atoms with Crippen molar-refractivity contribution in [1.82, 2.24) is 4.98 Å². The predicted octanol–water partition coefficient (Wildman–Crippen LogP) is 1.87. The summed E-state index contributed by atoms with van der Waals surface area (Å²) in [7, 11) is 0. The molecule has 1 aromatic heterocycles. The van der Waals surface area contributed by atoms with E-state index in [-0.39, 0.29) is 0 Å². The van der Waals surface area contributed by atoms with Crippen molar-refractivity contribution in [2.24, 2.45) is 0 Å². The SMILES string of the molecule is N#Cc1cc(Br)cnc1N1CC(F)C1. The highest BCUT2D eigenvalue weighted by Crippen LogP contribution is 2.25. The van der Waals surface area contributed by atoms with Crippen LogP contribution in [0.5, 0.6) is 0 Å². The zero-order chi connectivity index (χ0) is 10.1. The highest BCUT2D eigenvalue weighted by atomic mass is 79.9. The van der Waals surface area contributed by atoms with Crippen molar-refractivity contribution < 1.29 is 4.39 Å². The number of rotatable bonds is 1. The Hall–Kier alpha value is -1.15. The number of anilines is 1. The van der Waals surface area contributed by atoms with Gasteiger partial charge in [-0.1, -0.05) is 0 Å². The average Bonchev–Trinajstić information content (AvgIpc) is 2.13. The van der Waals surface area contributed by atoms with E-state index in [9.17, 15) is 4.39 Å². The molecule has 0 radical (unpaired) electrons. The first-order valence-electron chi connectivity index (χ1n) is 4.15. The van der Waals surface area contributed by atoms with Crippen molar-refractivity contribution in [2.75, 3.05) is 18.0 Å². The summed E-state index contributed by atoms with van der Waals surface area (Å²) in [6.07, 6.45) is 0.828. The van der Waals surface area contributed by atoms with Gasteiger partial charge in [-0.2, -0.15) is 5.26 Å². The van der Waals surface area contributed by atoms with E-state index in [2.05, 4.69) is 20.9 Å². The second-order valence-electron chi connectivity index (χ2n) is 3.14. The summed E-state index contributed by atoms with van der Waals surface area (Å²) >= 11 is 3.23. The first-order chi connectivity index (χ1) is 6.70. The zero-order valence-corrected chi connectivity index (χ0v) is 8.83. The molecule has 5 heteroatoms. The van der Waals surface area contributed by atoms with Crippen molar-refractivity contribution in [2.45, 2.75) is 6.17 Å². The molecule has 14 heavy (non-hydrogen) atoms. The zero-order valence-electron chi connectivity index (χ0n) is 7.24. The van der Waals surface area contributed by atoms with Crippen molar-refractivity contribution >= 4 is 21.7 Å². The third kappa shape index (κ3) is 1.58. The summed E-state index contributed by atoms with van der Waals surface area (Å²) in [5.41, 5.74) is 0.478. The second kappa shape index (κ2) is 3.54. The summed E-state index contributed by atoms with van der Waals surface area (Å²) in [5.74, 6) is 0.574. The average molecular weight is 256 g/mol. The summed E-state index contributed by atoms with van der Waals surface area (Å²) in [6.45, 7) is 0.673. The van der Waals surface area contributed by atoms with Crippen molar-refractivity contribution in [3.05, 3.63) is 22.3 Å². The van der Waals surface area contributed by atoms with Crippen molar-refractivity contribution in [3.8, 4) is 6.07 Å². The Morgan fingerprint density at radius 2 is 2.36 bits per heavy atom. The normalized spacial score (nSPS) is 16.2. The standard InChI is InChI=1S/C9H7BrFN3/c10-7-1-6(2-12)9(13-3-7)14-4-8(11)5-14/h1,3,8H,4-5H2. The largest absolute Gasteiger partial charge is 0.350 e. The van der Waals surface area contributed by atoms with Crippen LogP contribution in [0.25, 0.3) is 0 Å². The summed E-state index contributed by atoms with van der Waals surface area (Å²) in [6, 6.07) is 3.73. The number of nitrogens with zero attached hydrogens (tertiary/aromatic N) is 3. The molecular formula is C9H7BrFN3. The fourth-order valence-electron chi connectivity index (χ4n) is 1.36.